The number of halogens is 4. The van der Waals surface area contributed by atoms with Crippen LogP contribution in [0.5, 0.6) is 5.75 Å². The van der Waals surface area contributed by atoms with E-state index in [0.717, 1.165) is 11.4 Å². The first-order valence-corrected chi connectivity index (χ1v) is 10.7. The van der Waals surface area contributed by atoms with Gasteiger partial charge in [0.15, 0.2) is 0 Å². The molecule has 0 N–H and O–H groups in total. The van der Waals surface area contributed by atoms with Gasteiger partial charge in [0.1, 0.15) is 5.75 Å². The van der Waals surface area contributed by atoms with E-state index in [1.807, 2.05) is 12.1 Å². The Balaban J connectivity index is 1.36. The molecular weight excluding hydrogens is 451 g/mol. The zero-order valence-electron chi connectivity index (χ0n) is 16.4. The second-order valence-corrected chi connectivity index (χ2v) is 8.51. The van der Waals surface area contributed by atoms with E-state index in [1.54, 1.807) is 29.2 Å². The van der Waals surface area contributed by atoms with Crippen LogP contribution in [0.4, 0.5) is 24.5 Å². The monoisotopic (exact) mass is 471 g/mol. The lowest BCUT2D eigenvalue weighted by Crippen LogP contribution is -2.52. The van der Waals surface area contributed by atoms with Crippen molar-refractivity contribution in [3.05, 3.63) is 53.6 Å². The Kier molecular flexibility index (Phi) is 6.27. The summed E-state index contributed by atoms with van der Waals surface area (Å²) in [6.07, 6.45) is -4.08. The smallest absolute Gasteiger partial charge is 0.406 e. The molecule has 2 heterocycles. The summed E-state index contributed by atoms with van der Waals surface area (Å²) < 4.78 is 40.9. The molecule has 0 bridgehead atoms. The van der Waals surface area contributed by atoms with Crippen molar-refractivity contribution in [1.29, 1.82) is 0 Å². The molecule has 10 heteroatoms. The van der Waals surface area contributed by atoms with E-state index < -0.39 is 6.36 Å². The zero-order valence-corrected chi connectivity index (χ0v) is 18.1. The van der Waals surface area contributed by atoms with Crippen LogP contribution in [0, 0.1) is 0 Å². The van der Waals surface area contributed by atoms with Gasteiger partial charge >= 0.3 is 6.36 Å². The molecule has 31 heavy (non-hydrogen) atoms. The molecule has 0 radical (unpaired) electrons. The normalized spacial score (nSPS) is 22.8. The first-order chi connectivity index (χ1) is 14.7. The summed E-state index contributed by atoms with van der Waals surface area (Å²) in [5.74, 6) is -0.224. The summed E-state index contributed by atoms with van der Waals surface area (Å²) in [5, 5.41) is 0.398. The molecule has 0 spiro atoms. The number of alkyl halides is 3. The van der Waals surface area contributed by atoms with Crippen molar-refractivity contribution in [1.82, 2.24) is 4.90 Å². The molecule has 2 aromatic rings. The van der Waals surface area contributed by atoms with Gasteiger partial charge in [-0.3, -0.25) is 14.6 Å². The van der Waals surface area contributed by atoms with Gasteiger partial charge in [-0.15, -0.1) is 13.2 Å². The largest absolute Gasteiger partial charge is 0.573 e. The number of thiol groups is 1. The van der Waals surface area contributed by atoms with Crippen molar-refractivity contribution in [2.45, 2.75) is 24.2 Å². The Bertz CT molecular complexity index is 919. The van der Waals surface area contributed by atoms with Crippen LogP contribution in [0.15, 0.2) is 48.5 Å². The summed E-state index contributed by atoms with van der Waals surface area (Å²) in [7, 11) is 0. The molecule has 2 fully saturated rings. The van der Waals surface area contributed by atoms with Gasteiger partial charge < -0.3 is 9.64 Å². The van der Waals surface area contributed by atoms with Gasteiger partial charge in [0, 0.05) is 49.0 Å². The van der Waals surface area contributed by atoms with E-state index in [9.17, 15) is 18.0 Å². The maximum absolute atomic E-state index is 13.1. The third-order valence-electron chi connectivity index (χ3n) is 5.55. The Morgan fingerprint density at radius 1 is 0.935 bits per heavy atom. The number of carbonyl (C=O) groups is 1. The molecule has 0 aliphatic carbocycles. The summed E-state index contributed by atoms with van der Waals surface area (Å²) in [6.45, 7) is 2.68. The molecule has 2 aromatic carbocycles. The fourth-order valence-electron chi connectivity index (χ4n) is 4.07. The van der Waals surface area contributed by atoms with Crippen LogP contribution in [0.1, 0.15) is 6.42 Å². The maximum Gasteiger partial charge on any atom is 0.573 e. The first kappa shape index (κ1) is 22.1. The number of nitrogens with zero attached hydrogens (tertiary/aromatic N) is 3. The summed E-state index contributed by atoms with van der Waals surface area (Å²) in [6, 6.07) is 12.7. The Morgan fingerprint density at radius 2 is 1.52 bits per heavy atom. The topological polar surface area (TPSA) is 36.0 Å². The number of benzene rings is 2. The summed E-state index contributed by atoms with van der Waals surface area (Å²) >= 11 is 10.6. The molecule has 1 amide bonds. The molecular formula is C21H21ClF3N3O2S. The summed E-state index contributed by atoms with van der Waals surface area (Å²) in [5.41, 5.74) is 1.60. The van der Waals surface area contributed by atoms with Crippen LogP contribution < -0.4 is 14.5 Å². The van der Waals surface area contributed by atoms with E-state index in [2.05, 4.69) is 27.2 Å². The minimum absolute atomic E-state index is 0.0180. The van der Waals surface area contributed by atoms with Crippen molar-refractivity contribution >= 4 is 41.5 Å². The van der Waals surface area contributed by atoms with E-state index in [4.69, 9.17) is 11.6 Å². The summed E-state index contributed by atoms with van der Waals surface area (Å²) in [4.78, 5) is 19.0. The average Bonchev–Trinajstić information content (AvgIpc) is 3.02. The predicted molar refractivity (Wildman–Crippen MR) is 117 cm³/mol. The van der Waals surface area contributed by atoms with Crippen molar-refractivity contribution in [2.75, 3.05) is 36.0 Å². The Labute approximate surface area is 188 Å². The number of piperazine rings is 1. The minimum atomic E-state index is -4.70. The third kappa shape index (κ3) is 5.05. The van der Waals surface area contributed by atoms with E-state index in [1.165, 1.54) is 12.1 Å². The van der Waals surface area contributed by atoms with Crippen LogP contribution in [-0.4, -0.2) is 54.8 Å². The van der Waals surface area contributed by atoms with Crippen molar-refractivity contribution in [3.8, 4) is 5.75 Å². The molecule has 2 saturated heterocycles. The van der Waals surface area contributed by atoms with Gasteiger partial charge in [0.25, 0.3) is 0 Å². The predicted octanol–water partition coefficient (Wildman–Crippen LogP) is 4.42. The molecule has 0 aromatic heterocycles. The lowest BCUT2D eigenvalue weighted by molar-refractivity contribution is -0.274. The number of amides is 1. The third-order valence-corrected chi connectivity index (χ3v) is 6.24. The second kappa shape index (κ2) is 8.80. The number of ether oxygens (including phenoxy) is 1. The highest BCUT2D eigenvalue weighted by Gasteiger charge is 2.42. The molecule has 2 unspecified atom stereocenters. The lowest BCUT2D eigenvalue weighted by atomic mass is 10.1. The zero-order chi connectivity index (χ0) is 22.2. The molecule has 2 aliphatic heterocycles. The lowest BCUT2D eigenvalue weighted by Gasteiger charge is -2.38. The van der Waals surface area contributed by atoms with Crippen LogP contribution in [-0.2, 0) is 4.79 Å². The fourth-order valence-corrected chi connectivity index (χ4v) is 4.64. The Hall–Kier alpha value is -2.10. The van der Waals surface area contributed by atoms with Gasteiger partial charge in [-0.2, -0.15) is 12.6 Å². The van der Waals surface area contributed by atoms with E-state index in [-0.39, 0.29) is 23.1 Å². The number of hydrogen-bond donors (Lipinski definition) is 1. The Morgan fingerprint density at radius 3 is 2.10 bits per heavy atom. The number of hydrogen-bond acceptors (Lipinski definition) is 5. The van der Waals surface area contributed by atoms with Crippen LogP contribution in [0.3, 0.4) is 0 Å². The molecule has 5 nitrogen and oxygen atoms in total. The molecule has 2 atom stereocenters. The second-order valence-electron chi connectivity index (χ2n) is 7.48. The van der Waals surface area contributed by atoms with Crippen molar-refractivity contribution < 1.29 is 22.7 Å². The van der Waals surface area contributed by atoms with Crippen molar-refractivity contribution in [2.24, 2.45) is 0 Å². The number of rotatable bonds is 4. The van der Waals surface area contributed by atoms with Gasteiger partial charge in [-0.25, -0.2) is 0 Å². The van der Waals surface area contributed by atoms with Gasteiger partial charge in [0.2, 0.25) is 5.91 Å². The fraction of sp³-hybridized carbons (Fsp3) is 0.381. The van der Waals surface area contributed by atoms with E-state index >= 15 is 0 Å². The molecule has 4 rings (SSSR count). The standard InChI is InChI=1S/C21H21ClF3N3O2S/c22-14-1-3-16(4-2-14)28-19(31)13-18(20(28)29)27-11-9-26(10-12-27)15-5-7-17(8-6-15)30-21(23,24)25/h1-8,18-19,31H,9-13H2. The van der Waals surface area contributed by atoms with Crippen LogP contribution >= 0.6 is 24.2 Å². The van der Waals surface area contributed by atoms with Gasteiger partial charge in [-0.1, -0.05) is 11.6 Å². The maximum atomic E-state index is 13.1. The highest BCUT2D eigenvalue weighted by atomic mass is 35.5. The van der Waals surface area contributed by atoms with Gasteiger partial charge in [0.05, 0.1) is 11.4 Å². The SMILES string of the molecule is O=C1C(N2CCN(c3ccc(OC(F)(F)F)cc3)CC2)CC(S)N1c1ccc(Cl)cc1. The van der Waals surface area contributed by atoms with Crippen molar-refractivity contribution in [3.63, 3.8) is 0 Å². The number of carbonyl (C=O) groups excluding carboxylic acids is 1. The van der Waals surface area contributed by atoms with Crippen LogP contribution in [0.2, 0.25) is 5.02 Å². The average molecular weight is 472 g/mol. The molecule has 0 saturated carbocycles. The van der Waals surface area contributed by atoms with Crippen LogP contribution in [0.25, 0.3) is 0 Å². The highest BCUT2D eigenvalue weighted by Crippen LogP contribution is 2.33. The minimum Gasteiger partial charge on any atom is -0.406 e. The molecule has 166 valence electrons. The quantitative estimate of drug-likeness (QED) is 0.670. The van der Waals surface area contributed by atoms with E-state index in [0.29, 0.717) is 37.6 Å². The number of anilines is 2. The molecule has 2 aliphatic rings. The highest BCUT2D eigenvalue weighted by molar-refractivity contribution is 7.81. The van der Waals surface area contributed by atoms with Gasteiger partial charge in [-0.05, 0) is 48.5 Å². The first-order valence-electron chi connectivity index (χ1n) is 9.83.